The lowest BCUT2D eigenvalue weighted by Crippen LogP contribution is -3.00. The van der Waals surface area contributed by atoms with Crippen LogP contribution in [0.2, 0.25) is 6.04 Å². The van der Waals surface area contributed by atoms with Crippen LogP contribution in [-0.4, -0.2) is 60.4 Å². The number of quaternary nitrogens is 1. The molecule has 0 unspecified atom stereocenters. The van der Waals surface area contributed by atoms with Crippen LogP contribution >= 0.6 is 0 Å². The van der Waals surface area contributed by atoms with E-state index in [1.165, 1.54) is 103 Å². The fourth-order valence-corrected chi connectivity index (χ4v) is 7.42. The first-order valence-corrected chi connectivity index (χ1v) is 17.4. The molecule has 0 amide bonds. The zero-order chi connectivity index (χ0) is 26.1. The van der Waals surface area contributed by atoms with E-state index in [4.69, 9.17) is 13.3 Å². The van der Waals surface area contributed by atoms with Crippen molar-refractivity contribution in [2.45, 2.75) is 143 Å². The molecular weight excluding hydrogens is 488 g/mol. The molecule has 5 nitrogen and oxygen atoms in total. The van der Waals surface area contributed by atoms with Gasteiger partial charge in [0.15, 0.2) is 0 Å². The Kier molecular flexibility index (Phi) is 28.7. The van der Waals surface area contributed by atoms with Crippen LogP contribution in [0.5, 0.6) is 0 Å². The van der Waals surface area contributed by atoms with Gasteiger partial charge in [0.05, 0.1) is 20.6 Å². The summed E-state index contributed by atoms with van der Waals surface area (Å²) < 4.78 is 18.8. The Labute approximate surface area is 234 Å². The summed E-state index contributed by atoms with van der Waals surface area (Å²) >= 11 is 0. The molecule has 0 aromatic rings. The van der Waals surface area contributed by atoms with Gasteiger partial charge in [0.2, 0.25) is 0 Å². The second-order valence-corrected chi connectivity index (χ2v) is 13.4. The van der Waals surface area contributed by atoms with Crippen LogP contribution in [0.1, 0.15) is 137 Å². The molecule has 0 fully saturated rings. The Bertz CT molecular complexity index is 428. The number of rotatable bonds is 28. The highest BCUT2D eigenvalue weighted by Crippen LogP contribution is 2.19. The highest BCUT2D eigenvalue weighted by Gasteiger charge is 2.40. The molecule has 7 heteroatoms. The molecular formula is C29H65ClN2O3Si. The monoisotopic (exact) mass is 552 g/mol. The average Bonchev–Trinajstić information content (AvgIpc) is 2.81. The maximum atomic E-state index is 5.99. The number of hydrogen-bond donors (Lipinski definition) is 1. The smallest absolute Gasteiger partial charge is 0.501 e. The third kappa shape index (κ3) is 23.4. The van der Waals surface area contributed by atoms with Gasteiger partial charge >= 0.3 is 8.80 Å². The van der Waals surface area contributed by atoms with Gasteiger partial charge < -0.3 is 25.7 Å². The normalized spacial score (nSPS) is 12.2. The van der Waals surface area contributed by atoms with Gasteiger partial charge in [-0.3, -0.25) is 4.59 Å². The third-order valence-electron chi connectivity index (χ3n) is 6.86. The summed E-state index contributed by atoms with van der Waals surface area (Å²) in [5.74, 6) is 0. The summed E-state index contributed by atoms with van der Waals surface area (Å²) in [6.07, 6.45) is 23.8. The summed E-state index contributed by atoms with van der Waals surface area (Å²) in [5, 5.41) is 0. The van der Waals surface area contributed by atoms with Crippen LogP contribution in [0.3, 0.4) is 0 Å². The Morgan fingerprint density at radius 2 is 0.889 bits per heavy atom. The molecule has 0 heterocycles. The lowest BCUT2D eigenvalue weighted by Gasteiger charge is -2.32. The van der Waals surface area contributed by atoms with E-state index in [-0.39, 0.29) is 12.4 Å². The van der Waals surface area contributed by atoms with Crippen molar-refractivity contribution in [2.24, 2.45) is 0 Å². The van der Waals surface area contributed by atoms with Crippen molar-refractivity contribution in [3.8, 4) is 0 Å². The Balaban J connectivity index is 0. The van der Waals surface area contributed by atoms with Crippen molar-refractivity contribution in [3.05, 3.63) is 0 Å². The molecule has 0 aromatic carbocycles. The second-order valence-electron chi connectivity index (χ2n) is 10.7. The maximum absolute atomic E-state index is 5.99. The van der Waals surface area contributed by atoms with Crippen LogP contribution in [0.4, 0.5) is 0 Å². The fourth-order valence-electron chi connectivity index (χ4n) is 4.83. The summed E-state index contributed by atoms with van der Waals surface area (Å²) in [7, 11) is 2.01. The van der Waals surface area contributed by atoms with Gasteiger partial charge in [0.1, 0.15) is 0 Å². The molecule has 0 saturated carbocycles. The molecule has 0 aliphatic carbocycles. The van der Waals surface area contributed by atoms with Crippen molar-refractivity contribution in [3.63, 3.8) is 0 Å². The van der Waals surface area contributed by atoms with Crippen molar-refractivity contribution in [2.75, 3.05) is 47.0 Å². The van der Waals surface area contributed by atoms with E-state index >= 15 is 0 Å². The van der Waals surface area contributed by atoms with Gasteiger partial charge in [-0.2, -0.15) is 5.43 Å². The molecule has 0 saturated heterocycles. The zero-order valence-electron chi connectivity index (χ0n) is 25.3. The third-order valence-corrected chi connectivity index (χ3v) is 10.0. The molecule has 0 spiro atoms. The van der Waals surface area contributed by atoms with Crippen molar-refractivity contribution in [1.82, 2.24) is 5.43 Å². The molecule has 0 aromatic heterocycles. The van der Waals surface area contributed by atoms with Crippen molar-refractivity contribution >= 4 is 8.80 Å². The zero-order valence-corrected chi connectivity index (χ0v) is 27.1. The van der Waals surface area contributed by atoms with Crippen molar-refractivity contribution in [1.29, 1.82) is 0 Å². The van der Waals surface area contributed by atoms with Crippen molar-refractivity contribution < 1.29 is 30.3 Å². The highest BCUT2D eigenvalue weighted by molar-refractivity contribution is 6.60. The van der Waals surface area contributed by atoms with Gasteiger partial charge in [-0.05, 0) is 27.2 Å². The number of hydrogen-bond acceptors (Lipinski definition) is 4. The first-order chi connectivity index (χ1) is 16.9. The number of unbranched alkanes of at least 4 members (excludes halogenated alkanes) is 15. The van der Waals surface area contributed by atoms with E-state index in [1.54, 1.807) is 0 Å². The average molecular weight is 553 g/mol. The van der Waals surface area contributed by atoms with Crippen LogP contribution in [0, 0.1) is 0 Å². The van der Waals surface area contributed by atoms with Gasteiger partial charge in [-0.1, -0.05) is 103 Å². The van der Waals surface area contributed by atoms with Gasteiger partial charge in [0, 0.05) is 38.8 Å². The lowest BCUT2D eigenvalue weighted by atomic mass is 10.0. The largest absolute Gasteiger partial charge is 1.00 e. The number of halogens is 1. The topological polar surface area (TPSA) is 39.7 Å². The standard InChI is InChI=1S/C29H65N2O3Si.ClH/c1-7-11-12-13-14-15-16-17-18-19-20-21-22-23-24-25-27-30-31(5,6)28-26-29-35(32-8-2,33-9-3)34-10-4;/h30H,7-29H2,1-6H3;1H/q+1;/p-1. The Hall–Kier alpha value is 0.307. The molecule has 0 bridgehead atoms. The minimum absolute atomic E-state index is 0. The predicted octanol–water partition coefficient (Wildman–Crippen LogP) is 5.27. The Morgan fingerprint density at radius 1 is 0.528 bits per heavy atom. The summed E-state index contributed by atoms with van der Waals surface area (Å²) in [6, 6.07) is 0.894. The maximum Gasteiger partial charge on any atom is 0.501 e. The first-order valence-electron chi connectivity index (χ1n) is 15.4. The fraction of sp³-hybridized carbons (Fsp3) is 1.00. The van der Waals surface area contributed by atoms with E-state index < -0.39 is 8.80 Å². The molecule has 0 radical (unpaired) electrons. The van der Waals surface area contributed by atoms with Gasteiger partial charge in [-0.15, -0.1) is 0 Å². The highest BCUT2D eigenvalue weighted by atomic mass is 35.5. The number of nitrogens with one attached hydrogen (secondary N) is 1. The molecule has 0 rings (SSSR count). The minimum atomic E-state index is -2.51. The molecule has 220 valence electrons. The van der Waals surface area contributed by atoms with E-state index in [0.717, 1.165) is 30.1 Å². The van der Waals surface area contributed by atoms with E-state index in [0.29, 0.717) is 19.8 Å². The van der Waals surface area contributed by atoms with Crippen LogP contribution in [0.15, 0.2) is 0 Å². The number of nitrogens with zero attached hydrogens (tertiary/aromatic N) is 1. The summed E-state index contributed by atoms with van der Waals surface area (Å²) in [6.45, 7) is 12.5. The molecule has 36 heavy (non-hydrogen) atoms. The lowest BCUT2D eigenvalue weighted by molar-refractivity contribution is -0.934. The van der Waals surface area contributed by atoms with Gasteiger partial charge in [0.25, 0.3) is 0 Å². The molecule has 1 N–H and O–H groups in total. The van der Waals surface area contributed by atoms with E-state index in [1.807, 2.05) is 20.8 Å². The molecule has 0 aliphatic heterocycles. The van der Waals surface area contributed by atoms with E-state index in [2.05, 4.69) is 26.4 Å². The molecule has 0 atom stereocenters. The van der Waals surface area contributed by atoms with Crippen LogP contribution in [0.25, 0.3) is 0 Å². The van der Waals surface area contributed by atoms with Crippen LogP contribution < -0.4 is 17.8 Å². The Morgan fingerprint density at radius 3 is 1.25 bits per heavy atom. The van der Waals surface area contributed by atoms with Crippen LogP contribution in [-0.2, 0) is 13.3 Å². The summed E-state index contributed by atoms with van der Waals surface area (Å²) in [4.78, 5) is 0. The van der Waals surface area contributed by atoms with Gasteiger partial charge in [-0.25, -0.2) is 0 Å². The predicted molar refractivity (Wildman–Crippen MR) is 155 cm³/mol. The second kappa shape index (κ2) is 26.9. The SMILES string of the molecule is CCCCCCCCCCCCCCCCCCN[N+](C)(C)CCC[Si](OCC)(OCC)OCC.[Cl-]. The molecule has 0 aliphatic rings. The quantitative estimate of drug-likeness (QED) is 0.0621. The first kappa shape index (κ1) is 38.5. The minimum Gasteiger partial charge on any atom is -1.00 e. The summed E-state index contributed by atoms with van der Waals surface area (Å²) in [5.41, 5.74) is 3.72. The van der Waals surface area contributed by atoms with E-state index in [9.17, 15) is 0 Å².